The summed E-state index contributed by atoms with van der Waals surface area (Å²) in [5.41, 5.74) is 89.8. The van der Waals surface area contributed by atoms with Gasteiger partial charge in [-0.15, -0.1) is 0 Å². The number of carbonyl (C=O) groups excluding carboxylic acids is 12. The van der Waals surface area contributed by atoms with Crippen molar-refractivity contribution in [2.24, 2.45) is 161 Å². The smallest absolute Gasteiger partial charge is 0.224 e. The van der Waals surface area contributed by atoms with E-state index >= 15 is 9.59 Å². The largest absolute Gasteiger partial charge is 0.370 e. The lowest BCUT2D eigenvalue weighted by Crippen LogP contribution is -2.49. The van der Waals surface area contributed by atoms with E-state index in [1.807, 2.05) is 6.92 Å². The number of ketones is 6. The van der Waals surface area contributed by atoms with Crippen LogP contribution in [0.4, 0.5) is 0 Å². The highest BCUT2D eigenvalue weighted by Gasteiger charge is 2.36. The molecule has 0 saturated carbocycles. The summed E-state index contributed by atoms with van der Waals surface area (Å²) in [4.78, 5) is 202. The van der Waals surface area contributed by atoms with Gasteiger partial charge in [0.05, 0.1) is 36.8 Å². The third-order valence-electron chi connectivity index (χ3n) is 17.2. The maximum absolute atomic E-state index is 15.1. The number of nitrogens with zero attached hydrogens (tertiary/aromatic N) is 8. The summed E-state index contributed by atoms with van der Waals surface area (Å²) in [6, 6.07) is -5.93. The molecule has 0 rings (SSSR count). The molecule has 0 spiro atoms. The third-order valence-corrected chi connectivity index (χ3v) is 17.9. The molecule has 10 atom stereocenters. The van der Waals surface area contributed by atoms with Gasteiger partial charge in [0, 0.05) is 133 Å². The molecular formula is C68H128N30O12S. The molecular weight excluding hydrogens is 1460 g/mol. The Morgan fingerprint density at radius 2 is 0.568 bits per heavy atom. The molecule has 0 aromatic rings. The second-order valence-corrected chi connectivity index (χ2v) is 27.7. The summed E-state index contributed by atoms with van der Waals surface area (Å²) >= 11 is 1.34. The number of amides is 6. The highest BCUT2D eigenvalue weighted by atomic mass is 32.2. The molecule has 0 aromatic carbocycles. The van der Waals surface area contributed by atoms with Crippen LogP contribution in [0, 0.1) is 29.6 Å². The van der Waals surface area contributed by atoms with Crippen molar-refractivity contribution >= 4 is 130 Å². The lowest BCUT2D eigenvalue weighted by atomic mass is 9.88. The van der Waals surface area contributed by atoms with E-state index in [-0.39, 0.29) is 239 Å². The molecule has 0 aliphatic rings. The summed E-state index contributed by atoms with van der Waals surface area (Å²) in [6.07, 6.45) is 1.22. The van der Waals surface area contributed by atoms with E-state index < -0.39 is 145 Å². The first-order chi connectivity index (χ1) is 52.4. The van der Waals surface area contributed by atoms with Crippen LogP contribution in [-0.4, -0.2) is 219 Å². The molecule has 43 heteroatoms. The van der Waals surface area contributed by atoms with Gasteiger partial charge in [0.1, 0.15) is 0 Å². The van der Waals surface area contributed by atoms with Crippen LogP contribution in [0.2, 0.25) is 0 Å². The Morgan fingerprint density at radius 1 is 0.315 bits per heavy atom. The summed E-state index contributed by atoms with van der Waals surface area (Å²) in [5.74, 6) is -14.6. The third kappa shape index (κ3) is 49.2. The number of hydrogen-bond acceptors (Lipinski definition) is 21. The summed E-state index contributed by atoms with van der Waals surface area (Å²) in [7, 11) is 0. The zero-order chi connectivity index (χ0) is 84.0. The molecule has 0 fully saturated rings. The number of thioether (sulfide) groups is 1. The fourth-order valence-corrected chi connectivity index (χ4v) is 12.0. The van der Waals surface area contributed by atoms with Crippen LogP contribution in [0.15, 0.2) is 39.9 Å². The van der Waals surface area contributed by atoms with Gasteiger partial charge in [0.25, 0.3) is 0 Å². The molecule has 0 bridgehead atoms. The van der Waals surface area contributed by atoms with Crippen molar-refractivity contribution in [1.29, 1.82) is 0 Å². The number of rotatable bonds is 64. The van der Waals surface area contributed by atoms with Crippen LogP contribution in [0.25, 0.3) is 0 Å². The number of nitrogens with two attached hydrogens (primary N) is 16. The topological polar surface area (TPSA) is 792 Å². The van der Waals surface area contributed by atoms with E-state index in [2.05, 4.69) is 71.8 Å². The molecule has 0 unspecified atom stereocenters. The molecule has 6 amide bonds. The SMILES string of the molecule is CCCC(=O)N[C@@H](CSC)C(=O)C[C@@H](C)C(=O)NCC(=O)C[C@H](CCCN=C(N)N)C(=O)N[C@H](CCCN=C(N)N)C(=O)C[C@H](CCCN=C(N)N)C(=O)N[C@H](CCCN=C(N)N)C(=O)C[C@H](CCCN=C(N)N)C(=O)N[C@H](CCCN=C(N)N)C(=O)C[C@H](CCCN=C(N)N)C(=O)N[C@H](CCCN=C(N)N)C(=O)CC. The number of carbonyl (C=O) groups is 12. The predicted molar refractivity (Wildman–Crippen MR) is 432 cm³/mol. The van der Waals surface area contributed by atoms with Crippen molar-refractivity contribution in [1.82, 2.24) is 31.9 Å². The number of aliphatic imine (C=N–C) groups is 8. The highest BCUT2D eigenvalue weighted by Crippen LogP contribution is 2.23. The fourth-order valence-electron chi connectivity index (χ4n) is 11.4. The Labute approximate surface area is 653 Å². The molecule has 0 aliphatic carbocycles. The lowest BCUT2D eigenvalue weighted by molar-refractivity contribution is -0.136. The average Bonchev–Trinajstić information content (AvgIpc) is 0.857. The summed E-state index contributed by atoms with van der Waals surface area (Å²) in [5, 5.41) is 16.4. The Morgan fingerprint density at radius 3 is 0.820 bits per heavy atom. The van der Waals surface area contributed by atoms with Crippen LogP contribution in [0.1, 0.15) is 175 Å². The molecule has 628 valence electrons. The quantitative estimate of drug-likeness (QED) is 0.0153. The van der Waals surface area contributed by atoms with Crippen molar-refractivity contribution in [3.63, 3.8) is 0 Å². The van der Waals surface area contributed by atoms with Crippen molar-refractivity contribution in [3.05, 3.63) is 0 Å². The number of nitrogens with one attached hydrogen (secondary N) is 6. The van der Waals surface area contributed by atoms with E-state index in [0.29, 0.717) is 12.8 Å². The van der Waals surface area contributed by atoms with Crippen LogP contribution in [0.5, 0.6) is 0 Å². The normalized spacial score (nSPS) is 13.5. The molecule has 0 radical (unpaired) electrons. The zero-order valence-corrected chi connectivity index (χ0v) is 65.8. The predicted octanol–water partition coefficient (Wildman–Crippen LogP) is -6.01. The minimum absolute atomic E-state index is 0.00438. The van der Waals surface area contributed by atoms with E-state index in [1.54, 1.807) is 13.2 Å². The number of Topliss-reactive ketones (excluding diaryl/α,β-unsaturated/α-hetero) is 6. The zero-order valence-electron chi connectivity index (χ0n) is 64.9. The van der Waals surface area contributed by atoms with E-state index in [9.17, 15) is 47.9 Å². The molecule has 0 saturated heterocycles. The monoisotopic (exact) mass is 1590 g/mol. The van der Waals surface area contributed by atoms with Crippen molar-refractivity contribution in [3.8, 4) is 0 Å². The van der Waals surface area contributed by atoms with Gasteiger partial charge in [0.15, 0.2) is 82.4 Å². The van der Waals surface area contributed by atoms with Gasteiger partial charge < -0.3 is 124 Å². The van der Waals surface area contributed by atoms with Crippen molar-refractivity contribution in [2.45, 2.75) is 205 Å². The second-order valence-electron chi connectivity index (χ2n) is 26.8. The van der Waals surface area contributed by atoms with Gasteiger partial charge in [-0.1, -0.05) is 20.8 Å². The van der Waals surface area contributed by atoms with Gasteiger partial charge in [-0.2, -0.15) is 11.8 Å². The van der Waals surface area contributed by atoms with Crippen LogP contribution in [0.3, 0.4) is 0 Å². The molecule has 0 aromatic heterocycles. The number of guanidine groups is 8. The molecule has 38 N–H and O–H groups in total. The minimum Gasteiger partial charge on any atom is -0.370 e. The summed E-state index contributed by atoms with van der Waals surface area (Å²) < 4.78 is 0. The molecule has 42 nitrogen and oxygen atoms in total. The van der Waals surface area contributed by atoms with Crippen LogP contribution >= 0.6 is 11.8 Å². The van der Waals surface area contributed by atoms with Gasteiger partial charge >= 0.3 is 0 Å². The first-order valence-electron chi connectivity index (χ1n) is 37.3. The maximum atomic E-state index is 15.1. The van der Waals surface area contributed by atoms with Crippen LogP contribution < -0.4 is 124 Å². The van der Waals surface area contributed by atoms with Crippen molar-refractivity contribution < 1.29 is 57.5 Å². The Kier molecular flexibility index (Phi) is 52.7. The molecule has 0 heterocycles. The van der Waals surface area contributed by atoms with Crippen LogP contribution in [-0.2, 0) is 57.5 Å². The van der Waals surface area contributed by atoms with E-state index in [0.717, 1.165) is 0 Å². The first kappa shape index (κ1) is 100. The van der Waals surface area contributed by atoms with Gasteiger partial charge in [-0.3, -0.25) is 97.5 Å². The van der Waals surface area contributed by atoms with Crippen molar-refractivity contribution in [2.75, 3.05) is 70.9 Å². The standard InChI is InChI=1S/C68H128N30O12S/c1-5-15-55(105)94-49(38-111-4)51(101)32-39(3)56(106)93-37-44(99)33-40(16-7-24-85-61(69)70)57(107)96-46(21-12-29-90-66(79)80)52(102)35-42(18-9-26-87-63(73)74)59(109)98-48(23-14-31-92-68(83)84)54(104)36-43(19-10-27-88-64(75)76)60(110)97-47(22-13-30-91-67(81)82)53(103)34-41(17-8-25-86-62(71)72)58(108)95-45(50(100)6-2)20-11-28-89-65(77)78/h39-43,45-49H,5-38H2,1-4H3,(H,93,106)(H,94,105)(H,95,108)(H,96,107)(H,97,110)(H,98,109)(H4,69,70,85)(H4,71,72,86)(H4,73,74,87)(H4,75,76,88)(H4,77,78,89)(H4,79,80,90)(H4,81,82,91)(H4,83,84,92)/t39-,40+,41+,42+,43+,45-,46-,47-,48-,49+/m1/s1. The molecule has 0 aliphatic heterocycles. The average molecular weight is 1590 g/mol. The highest BCUT2D eigenvalue weighted by molar-refractivity contribution is 7.98. The lowest BCUT2D eigenvalue weighted by Gasteiger charge is -2.27. The Balaban J connectivity index is 7.77. The minimum atomic E-state index is -1.41. The Hall–Kier alpha value is -10.6. The molecule has 111 heavy (non-hydrogen) atoms. The van der Waals surface area contributed by atoms with Gasteiger partial charge in [0.2, 0.25) is 35.4 Å². The van der Waals surface area contributed by atoms with Gasteiger partial charge in [-0.25, -0.2) is 0 Å². The number of hydrogen-bond donors (Lipinski definition) is 22. The maximum Gasteiger partial charge on any atom is 0.224 e. The van der Waals surface area contributed by atoms with E-state index in [1.165, 1.54) is 18.7 Å². The first-order valence-corrected chi connectivity index (χ1v) is 38.7. The van der Waals surface area contributed by atoms with Gasteiger partial charge in [-0.05, 0) is 115 Å². The fraction of sp³-hybridized carbons (Fsp3) is 0.706. The summed E-state index contributed by atoms with van der Waals surface area (Å²) in [6.45, 7) is 4.62. The Bertz CT molecular complexity index is 3210. The van der Waals surface area contributed by atoms with E-state index in [4.69, 9.17) is 91.7 Å². The second kappa shape index (κ2) is 58.3.